The molecule has 1 heterocycles. The summed E-state index contributed by atoms with van der Waals surface area (Å²) in [6.07, 6.45) is 0. The Morgan fingerprint density at radius 2 is 1.74 bits per heavy atom. The highest BCUT2D eigenvalue weighted by molar-refractivity contribution is 7.80. The van der Waals surface area contributed by atoms with Gasteiger partial charge in [0, 0.05) is 11.8 Å². The molecule has 120 valence electrons. The van der Waals surface area contributed by atoms with Gasteiger partial charge in [0.1, 0.15) is 13.2 Å². The Balaban J connectivity index is 1.61. The maximum Gasteiger partial charge on any atom is 0.171 e. The summed E-state index contributed by atoms with van der Waals surface area (Å²) in [5.74, 6) is 1.52. The van der Waals surface area contributed by atoms with Crippen LogP contribution in [-0.2, 0) is 0 Å². The van der Waals surface area contributed by atoms with Crippen LogP contribution in [0.5, 0.6) is 11.5 Å². The van der Waals surface area contributed by atoms with Crippen molar-refractivity contribution in [2.24, 2.45) is 0 Å². The number of anilines is 1. The van der Waals surface area contributed by atoms with Crippen molar-refractivity contribution in [3.63, 3.8) is 0 Å². The first-order valence-corrected chi connectivity index (χ1v) is 8.06. The van der Waals surface area contributed by atoms with Crippen LogP contribution in [0.25, 0.3) is 0 Å². The number of hydrogen-bond donors (Lipinski definition) is 2. The van der Waals surface area contributed by atoms with Crippen LogP contribution in [0.3, 0.4) is 0 Å². The second-order valence-electron chi connectivity index (χ2n) is 5.59. The molecule has 0 bridgehead atoms. The number of nitrogens with one attached hydrogen (secondary N) is 2. The Morgan fingerprint density at radius 1 is 1.04 bits per heavy atom. The molecule has 3 rings (SSSR count). The molecule has 1 aliphatic heterocycles. The van der Waals surface area contributed by atoms with Gasteiger partial charge in [-0.1, -0.05) is 29.8 Å². The van der Waals surface area contributed by atoms with E-state index in [9.17, 15) is 0 Å². The fraction of sp³-hybridized carbons (Fsp3) is 0.278. The smallest absolute Gasteiger partial charge is 0.171 e. The van der Waals surface area contributed by atoms with E-state index in [0.29, 0.717) is 18.3 Å². The predicted octanol–water partition coefficient (Wildman–Crippen LogP) is 3.81. The predicted molar refractivity (Wildman–Crippen MR) is 96.4 cm³/mol. The maximum absolute atomic E-state index is 5.58. The summed E-state index contributed by atoms with van der Waals surface area (Å²) in [6, 6.07) is 14.3. The summed E-state index contributed by atoms with van der Waals surface area (Å²) >= 11 is 5.40. The first-order valence-electron chi connectivity index (χ1n) is 7.65. The van der Waals surface area contributed by atoms with Crippen molar-refractivity contribution >= 4 is 23.0 Å². The van der Waals surface area contributed by atoms with E-state index in [1.54, 1.807) is 0 Å². The van der Waals surface area contributed by atoms with Crippen molar-refractivity contribution in [3.8, 4) is 11.5 Å². The first kappa shape index (κ1) is 15.6. The lowest BCUT2D eigenvalue weighted by Gasteiger charge is -2.20. The van der Waals surface area contributed by atoms with Crippen LogP contribution in [0.4, 0.5) is 5.69 Å². The third-order valence-corrected chi connectivity index (χ3v) is 3.94. The molecule has 0 aromatic heterocycles. The fourth-order valence-electron chi connectivity index (χ4n) is 2.42. The zero-order chi connectivity index (χ0) is 16.2. The highest BCUT2D eigenvalue weighted by atomic mass is 32.1. The standard InChI is InChI=1S/C18H20N2O2S/c1-12-3-5-14(6-4-12)13(2)19-18(23)20-15-7-8-16-17(11-15)22-10-9-21-16/h3-8,11,13H,9-10H2,1-2H3,(H2,19,20,23)/t13-/m0/s1. The van der Waals surface area contributed by atoms with E-state index in [-0.39, 0.29) is 6.04 Å². The molecule has 23 heavy (non-hydrogen) atoms. The van der Waals surface area contributed by atoms with E-state index in [0.717, 1.165) is 17.2 Å². The quantitative estimate of drug-likeness (QED) is 0.839. The molecule has 2 aromatic carbocycles. The lowest BCUT2D eigenvalue weighted by Crippen LogP contribution is -2.30. The molecule has 0 saturated carbocycles. The van der Waals surface area contributed by atoms with Gasteiger partial charge in [0.15, 0.2) is 16.6 Å². The summed E-state index contributed by atoms with van der Waals surface area (Å²) < 4.78 is 11.1. The molecule has 5 heteroatoms. The zero-order valence-electron chi connectivity index (χ0n) is 13.3. The number of thiocarbonyl (C=S) groups is 1. The molecule has 0 spiro atoms. The molecule has 0 aliphatic carbocycles. The molecule has 1 aliphatic rings. The van der Waals surface area contributed by atoms with Gasteiger partial charge in [-0.05, 0) is 43.8 Å². The molecular weight excluding hydrogens is 308 g/mol. The van der Waals surface area contributed by atoms with Crippen LogP contribution >= 0.6 is 12.2 Å². The minimum absolute atomic E-state index is 0.132. The van der Waals surface area contributed by atoms with Crippen LogP contribution in [0.15, 0.2) is 42.5 Å². The number of rotatable bonds is 3. The number of benzene rings is 2. The van der Waals surface area contributed by atoms with E-state index < -0.39 is 0 Å². The van der Waals surface area contributed by atoms with Crippen LogP contribution in [0.1, 0.15) is 24.1 Å². The lowest BCUT2D eigenvalue weighted by atomic mass is 10.1. The topological polar surface area (TPSA) is 42.5 Å². The van der Waals surface area contributed by atoms with Crippen LogP contribution in [0, 0.1) is 6.92 Å². The summed E-state index contributed by atoms with van der Waals surface area (Å²) in [4.78, 5) is 0. The van der Waals surface area contributed by atoms with E-state index in [1.807, 2.05) is 18.2 Å². The molecule has 0 amide bonds. The number of aryl methyl sites for hydroxylation is 1. The third-order valence-electron chi connectivity index (χ3n) is 3.72. The van der Waals surface area contributed by atoms with Crippen LogP contribution in [0.2, 0.25) is 0 Å². The normalized spacial score (nSPS) is 14.0. The average molecular weight is 328 g/mol. The summed E-state index contributed by atoms with van der Waals surface area (Å²) in [6.45, 7) is 5.33. The fourth-order valence-corrected chi connectivity index (χ4v) is 2.72. The molecule has 0 radical (unpaired) electrons. The molecule has 2 N–H and O–H groups in total. The summed E-state index contributed by atoms with van der Waals surface area (Å²) in [5, 5.41) is 7.06. The minimum Gasteiger partial charge on any atom is -0.486 e. The van der Waals surface area contributed by atoms with Crippen molar-refractivity contribution < 1.29 is 9.47 Å². The van der Waals surface area contributed by atoms with Gasteiger partial charge in [-0.25, -0.2) is 0 Å². The van der Waals surface area contributed by atoms with Gasteiger partial charge in [0.25, 0.3) is 0 Å². The number of fused-ring (bicyclic) bond motifs is 1. The second-order valence-corrected chi connectivity index (χ2v) is 6.00. The Hall–Kier alpha value is -2.27. The SMILES string of the molecule is Cc1ccc([C@H](C)NC(=S)Nc2ccc3c(c2)OCCO3)cc1. The van der Waals surface area contributed by atoms with Gasteiger partial charge < -0.3 is 20.1 Å². The van der Waals surface area contributed by atoms with Crippen molar-refractivity contribution in [3.05, 3.63) is 53.6 Å². The largest absolute Gasteiger partial charge is 0.486 e. The maximum atomic E-state index is 5.58. The van der Waals surface area contributed by atoms with Gasteiger partial charge in [-0.15, -0.1) is 0 Å². The van der Waals surface area contributed by atoms with Crippen molar-refractivity contribution in [2.75, 3.05) is 18.5 Å². The van der Waals surface area contributed by atoms with Crippen LogP contribution < -0.4 is 20.1 Å². The summed E-state index contributed by atoms with van der Waals surface area (Å²) in [5.41, 5.74) is 3.32. The molecule has 0 unspecified atom stereocenters. The molecule has 4 nitrogen and oxygen atoms in total. The average Bonchev–Trinajstić information content (AvgIpc) is 2.55. The molecule has 2 aromatic rings. The monoisotopic (exact) mass is 328 g/mol. The Morgan fingerprint density at radius 3 is 2.48 bits per heavy atom. The Labute approximate surface area is 141 Å². The van der Waals surface area contributed by atoms with Gasteiger partial charge in [-0.3, -0.25) is 0 Å². The summed E-state index contributed by atoms with van der Waals surface area (Å²) in [7, 11) is 0. The van der Waals surface area contributed by atoms with E-state index in [2.05, 4.69) is 48.7 Å². The van der Waals surface area contributed by atoms with Gasteiger partial charge in [0.2, 0.25) is 0 Å². The first-order chi connectivity index (χ1) is 11.1. The number of ether oxygens (including phenoxy) is 2. The van der Waals surface area contributed by atoms with E-state index >= 15 is 0 Å². The van der Waals surface area contributed by atoms with Gasteiger partial charge in [-0.2, -0.15) is 0 Å². The highest BCUT2D eigenvalue weighted by Crippen LogP contribution is 2.32. The Kier molecular flexibility index (Phi) is 4.67. The van der Waals surface area contributed by atoms with Crippen molar-refractivity contribution in [1.29, 1.82) is 0 Å². The van der Waals surface area contributed by atoms with E-state index in [4.69, 9.17) is 21.7 Å². The zero-order valence-corrected chi connectivity index (χ0v) is 14.1. The third kappa shape index (κ3) is 3.93. The highest BCUT2D eigenvalue weighted by Gasteiger charge is 2.13. The van der Waals surface area contributed by atoms with Crippen molar-refractivity contribution in [1.82, 2.24) is 5.32 Å². The van der Waals surface area contributed by atoms with Crippen LogP contribution in [-0.4, -0.2) is 18.3 Å². The number of hydrogen-bond acceptors (Lipinski definition) is 3. The lowest BCUT2D eigenvalue weighted by molar-refractivity contribution is 0.171. The Bertz CT molecular complexity index is 701. The van der Waals surface area contributed by atoms with Gasteiger partial charge >= 0.3 is 0 Å². The molecule has 0 saturated heterocycles. The molecular formula is C18H20N2O2S. The van der Waals surface area contributed by atoms with Crippen molar-refractivity contribution in [2.45, 2.75) is 19.9 Å². The molecule has 1 atom stereocenters. The minimum atomic E-state index is 0.132. The van der Waals surface area contributed by atoms with Gasteiger partial charge in [0.05, 0.1) is 6.04 Å². The second kappa shape index (κ2) is 6.87. The molecule has 0 fully saturated rings. The van der Waals surface area contributed by atoms with E-state index in [1.165, 1.54) is 11.1 Å².